The van der Waals surface area contributed by atoms with E-state index < -0.39 is 9.84 Å². The molecule has 0 heterocycles. The van der Waals surface area contributed by atoms with E-state index in [4.69, 9.17) is 20.9 Å². The molecule has 31 heavy (non-hydrogen) atoms. The van der Waals surface area contributed by atoms with Gasteiger partial charge in [0.1, 0.15) is 11.5 Å². The Balaban J connectivity index is 1.72. The van der Waals surface area contributed by atoms with Gasteiger partial charge in [-0.1, -0.05) is 48.5 Å². The van der Waals surface area contributed by atoms with Crippen molar-refractivity contribution in [2.24, 2.45) is 0 Å². The summed E-state index contributed by atoms with van der Waals surface area (Å²) in [6, 6.07) is 27.2. The van der Waals surface area contributed by atoms with Crippen LogP contribution in [0.3, 0.4) is 0 Å². The van der Waals surface area contributed by atoms with Gasteiger partial charge in [0.15, 0.2) is 11.5 Å². The second kappa shape index (κ2) is 8.41. The number of nitrogen functional groups attached to an aromatic ring is 2. The molecule has 0 bridgehead atoms. The summed E-state index contributed by atoms with van der Waals surface area (Å²) < 4.78 is 38.4. The first-order chi connectivity index (χ1) is 15.0. The van der Waals surface area contributed by atoms with Crippen molar-refractivity contribution in [2.75, 3.05) is 11.5 Å². The molecule has 0 saturated carbocycles. The maximum Gasteiger partial charge on any atom is 0.210 e. The topological polar surface area (TPSA) is 105 Å². The fraction of sp³-hybridized carbons (Fsp3) is 0. The number of rotatable bonds is 6. The maximum atomic E-state index is 13.4. The Morgan fingerprint density at radius 1 is 0.516 bits per heavy atom. The molecule has 0 aromatic heterocycles. The first-order valence-electron chi connectivity index (χ1n) is 9.44. The van der Waals surface area contributed by atoms with Gasteiger partial charge in [0, 0.05) is 0 Å². The van der Waals surface area contributed by atoms with E-state index in [2.05, 4.69) is 0 Å². The SMILES string of the molecule is Nc1c(Oc2ccccc2)cccc1S(=O)(=O)c1cccc(Oc2ccccc2)c1N. The average Bonchev–Trinajstić information content (AvgIpc) is 2.78. The molecule has 0 aliphatic rings. The Labute approximate surface area is 180 Å². The van der Waals surface area contributed by atoms with Crippen LogP contribution in [0, 0.1) is 0 Å². The quantitative estimate of drug-likeness (QED) is 0.402. The van der Waals surface area contributed by atoms with E-state index in [1.165, 1.54) is 12.1 Å². The van der Waals surface area contributed by atoms with Gasteiger partial charge in [0.25, 0.3) is 0 Å². The highest BCUT2D eigenvalue weighted by molar-refractivity contribution is 7.91. The lowest BCUT2D eigenvalue weighted by molar-refractivity contribution is 0.483. The largest absolute Gasteiger partial charge is 0.455 e. The molecule has 0 radical (unpaired) electrons. The molecule has 0 saturated heterocycles. The van der Waals surface area contributed by atoms with Gasteiger partial charge in [0.05, 0.1) is 21.2 Å². The van der Waals surface area contributed by atoms with Crippen molar-refractivity contribution >= 4 is 21.2 Å². The standard InChI is InChI=1S/C24H20N2O4S/c25-23-19(29-17-9-3-1-4-10-17)13-7-15-21(23)31(27,28)22-16-8-14-20(24(22)26)30-18-11-5-2-6-12-18/h1-16H,25-26H2. The van der Waals surface area contributed by atoms with Crippen LogP contribution in [0.2, 0.25) is 0 Å². The summed E-state index contributed by atoms with van der Waals surface area (Å²) in [5, 5.41) is 0. The third kappa shape index (κ3) is 4.17. The molecule has 4 rings (SSSR count). The van der Waals surface area contributed by atoms with Crippen molar-refractivity contribution in [1.29, 1.82) is 0 Å². The zero-order chi connectivity index (χ0) is 21.8. The minimum absolute atomic E-state index is 0.000124. The van der Waals surface area contributed by atoms with Crippen LogP contribution in [0.25, 0.3) is 0 Å². The number of hydrogen-bond acceptors (Lipinski definition) is 6. The molecule has 0 aliphatic heterocycles. The van der Waals surface area contributed by atoms with Gasteiger partial charge < -0.3 is 20.9 Å². The van der Waals surface area contributed by atoms with Crippen LogP contribution in [0.4, 0.5) is 11.4 Å². The van der Waals surface area contributed by atoms with Crippen molar-refractivity contribution in [3.63, 3.8) is 0 Å². The van der Waals surface area contributed by atoms with Crippen LogP contribution in [0.15, 0.2) is 107 Å². The highest BCUT2D eigenvalue weighted by atomic mass is 32.2. The lowest BCUT2D eigenvalue weighted by Gasteiger charge is -2.15. The van der Waals surface area contributed by atoms with Crippen molar-refractivity contribution in [3.05, 3.63) is 97.1 Å². The van der Waals surface area contributed by atoms with E-state index in [-0.39, 0.29) is 32.7 Å². The second-order valence-electron chi connectivity index (χ2n) is 6.67. The van der Waals surface area contributed by atoms with Crippen LogP contribution in [-0.2, 0) is 9.84 Å². The number of para-hydroxylation sites is 4. The average molecular weight is 433 g/mol. The fourth-order valence-electron chi connectivity index (χ4n) is 3.04. The van der Waals surface area contributed by atoms with E-state index in [1.807, 2.05) is 36.4 Å². The van der Waals surface area contributed by atoms with Gasteiger partial charge in [-0.25, -0.2) is 8.42 Å². The monoisotopic (exact) mass is 432 g/mol. The summed E-state index contributed by atoms with van der Waals surface area (Å²) in [4.78, 5) is -0.186. The van der Waals surface area contributed by atoms with Crippen LogP contribution in [0.1, 0.15) is 0 Å². The van der Waals surface area contributed by atoms with Gasteiger partial charge in [-0.3, -0.25) is 0 Å². The third-order valence-corrected chi connectivity index (χ3v) is 6.44. The number of anilines is 2. The molecule has 4 N–H and O–H groups in total. The Bertz CT molecular complexity index is 1210. The van der Waals surface area contributed by atoms with Gasteiger partial charge >= 0.3 is 0 Å². The molecule has 0 atom stereocenters. The van der Waals surface area contributed by atoms with Crippen molar-refractivity contribution in [3.8, 4) is 23.0 Å². The van der Waals surface area contributed by atoms with Crippen LogP contribution in [0.5, 0.6) is 23.0 Å². The first-order valence-corrected chi connectivity index (χ1v) is 10.9. The number of sulfone groups is 1. The Morgan fingerprint density at radius 3 is 1.29 bits per heavy atom. The number of nitrogens with two attached hydrogens (primary N) is 2. The summed E-state index contributed by atoms with van der Waals surface area (Å²) in [7, 11) is -4.04. The summed E-state index contributed by atoms with van der Waals surface area (Å²) in [6.45, 7) is 0. The summed E-state index contributed by atoms with van der Waals surface area (Å²) in [5.74, 6) is 1.56. The smallest absolute Gasteiger partial charge is 0.210 e. The van der Waals surface area contributed by atoms with Crippen LogP contribution in [-0.4, -0.2) is 8.42 Å². The minimum Gasteiger partial charge on any atom is -0.455 e. The predicted octanol–water partition coefficient (Wildman–Crippen LogP) is 5.27. The third-order valence-electron chi connectivity index (χ3n) is 4.57. The molecular weight excluding hydrogens is 412 g/mol. The molecule has 156 valence electrons. The number of benzene rings is 4. The maximum absolute atomic E-state index is 13.4. The Kier molecular flexibility index (Phi) is 5.51. The van der Waals surface area contributed by atoms with Gasteiger partial charge in [0.2, 0.25) is 9.84 Å². The zero-order valence-corrected chi connectivity index (χ0v) is 17.3. The van der Waals surface area contributed by atoms with Gasteiger partial charge in [-0.15, -0.1) is 0 Å². The molecule has 6 nitrogen and oxygen atoms in total. The van der Waals surface area contributed by atoms with Crippen molar-refractivity contribution in [2.45, 2.75) is 9.79 Å². The van der Waals surface area contributed by atoms with E-state index in [1.54, 1.807) is 48.5 Å². The second-order valence-corrected chi connectivity index (χ2v) is 8.56. The zero-order valence-electron chi connectivity index (χ0n) is 16.4. The summed E-state index contributed by atoms with van der Waals surface area (Å²) in [5.41, 5.74) is 12.4. The summed E-state index contributed by atoms with van der Waals surface area (Å²) in [6.07, 6.45) is 0. The lowest BCUT2D eigenvalue weighted by Crippen LogP contribution is -2.09. The fourth-order valence-corrected chi connectivity index (χ4v) is 4.58. The van der Waals surface area contributed by atoms with E-state index in [0.717, 1.165) is 0 Å². The van der Waals surface area contributed by atoms with Gasteiger partial charge in [-0.2, -0.15) is 0 Å². The van der Waals surface area contributed by atoms with Gasteiger partial charge in [-0.05, 0) is 48.5 Å². The summed E-state index contributed by atoms with van der Waals surface area (Å²) >= 11 is 0. The van der Waals surface area contributed by atoms with Crippen LogP contribution < -0.4 is 20.9 Å². The molecule has 0 unspecified atom stereocenters. The molecule has 0 fully saturated rings. The molecule has 7 heteroatoms. The highest BCUT2D eigenvalue weighted by Gasteiger charge is 2.26. The van der Waals surface area contributed by atoms with E-state index in [9.17, 15) is 8.42 Å². The normalized spacial score (nSPS) is 11.1. The Hall–Kier alpha value is -3.97. The minimum atomic E-state index is -4.04. The van der Waals surface area contributed by atoms with Crippen LogP contribution >= 0.6 is 0 Å². The molecule has 4 aromatic rings. The highest BCUT2D eigenvalue weighted by Crippen LogP contribution is 2.39. The lowest BCUT2D eigenvalue weighted by atomic mass is 10.3. The number of hydrogen-bond donors (Lipinski definition) is 2. The molecule has 0 amide bonds. The number of ether oxygens (including phenoxy) is 2. The van der Waals surface area contributed by atoms with Crippen molar-refractivity contribution in [1.82, 2.24) is 0 Å². The van der Waals surface area contributed by atoms with E-state index in [0.29, 0.717) is 11.5 Å². The Morgan fingerprint density at radius 2 is 0.903 bits per heavy atom. The molecule has 0 aliphatic carbocycles. The molecular formula is C24H20N2O4S. The first kappa shape index (κ1) is 20.3. The molecule has 4 aromatic carbocycles. The predicted molar refractivity (Wildman–Crippen MR) is 120 cm³/mol. The van der Waals surface area contributed by atoms with Crippen molar-refractivity contribution < 1.29 is 17.9 Å². The van der Waals surface area contributed by atoms with E-state index >= 15 is 0 Å². The molecule has 0 spiro atoms.